The van der Waals surface area contributed by atoms with Crippen molar-refractivity contribution in [1.29, 1.82) is 0 Å². The van der Waals surface area contributed by atoms with E-state index in [0.29, 0.717) is 14.6 Å². The molecule has 4 nitrogen and oxygen atoms in total. The van der Waals surface area contributed by atoms with Gasteiger partial charge in [-0.2, -0.15) is 0 Å². The monoisotopic (exact) mass is 516 g/mol. The smallest absolute Gasteiger partial charge is 0.265 e. The molecule has 21 heavy (non-hydrogen) atoms. The molecule has 0 aliphatic rings. The van der Waals surface area contributed by atoms with Crippen LogP contribution in [0.1, 0.15) is 0 Å². The standard InChI is InChI=1S/C12H8Br3ClN2O2S/c13-6-4-7(14)11(8(15)5-6)18-21(19,20)12-9(16)2-1-3-10(12)17/h1-5,18H,17H2. The molecule has 2 aromatic carbocycles. The quantitative estimate of drug-likeness (QED) is 0.561. The summed E-state index contributed by atoms with van der Waals surface area (Å²) in [6.07, 6.45) is 0. The lowest BCUT2D eigenvalue weighted by atomic mass is 10.3. The van der Waals surface area contributed by atoms with E-state index in [-0.39, 0.29) is 15.6 Å². The van der Waals surface area contributed by atoms with Crippen molar-refractivity contribution in [2.75, 3.05) is 10.5 Å². The maximum atomic E-state index is 12.5. The third-order valence-electron chi connectivity index (χ3n) is 2.51. The lowest BCUT2D eigenvalue weighted by molar-refractivity contribution is 0.601. The molecule has 0 unspecified atom stereocenters. The van der Waals surface area contributed by atoms with Crippen molar-refractivity contribution < 1.29 is 8.42 Å². The summed E-state index contributed by atoms with van der Waals surface area (Å²) in [6.45, 7) is 0. The molecule has 3 N–H and O–H groups in total. The number of rotatable bonds is 3. The highest BCUT2D eigenvalue weighted by molar-refractivity contribution is 9.11. The van der Waals surface area contributed by atoms with Crippen molar-refractivity contribution in [1.82, 2.24) is 0 Å². The summed E-state index contributed by atoms with van der Waals surface area (Å²) in [7, 11) is -3.91. The molecule has 0 spiro atoms. The number of halogens is 4. The highest BCUT2D eigenvalue weighted by atomic mass is 79.9. The normalized spacial score (nSPS) is 11.4. The van der Waals surface area contributed by atoms with Crippen molar-refractivity contribution in [3.8, 4) is 0 Å². The summed E-state index contributed by atoms with van der Waals surface area (Å²) in [6, 6.07) is 7.98. The van der Waals surface area contributed by atoms with E-state index in [1.807, 2.05) is 0 Å². The summed E-state index contributed by atoms with van der Waals surface area (Å²) in [4.78, 5) is -0.145. The Hall–Kier alpha value is -0.280. The van der Waals surface area contributed by atoms with E-state index in [9.17, 15) is 8.42 Å². The van der Waals surface area contributed by atoms with E-state index >= 15 is 0 Å². The lowest BCUT2D eigenvalue weighted by Gasteiger charge is -2.14. The van der Waals surface area contributed by atoms with E-state index in [2.05, 4.69) is 52.5 Å². The van der Waals surface area contributed by atoms with Gasteiger partial charge in [0.05, 0.1) is 16.4 Å². The summed E-state index contributed by atoms with van der Waals surface area (Å²) in [5, 5.41) is 0.0619. The zero-order valence-corrected chi connectivity index (χ0v) is 16.5. The van der Waals surface area contributed by atoms with Gasteiger partial charge in [-0.05, 0) is 56.1 Å². The number of nitrogens with one attached hydrogen (secondary N) is 1. The number of hydrogen-bond acceptors (Lipinski definition) is 3. The second kappa shape index (κ2) is 6.45. The molecule has 0 heterocycles. The average molecular weight is 519 g/mol. The number of benzene rings is 2. The summed E-state index contributed by atoms with van der Waals surface area (Å²) in [5.74, 6) is 0. The minimum atomic E-state index is -3.91. The van der Waals surface area contributed by atoms with Gasteiger partial charge < -0.3 is 5.73 Å². The van der Waals surface area contributed by atoms with E-state index < -0.39 is 10.0 Å². The largest absolute Gasteiger partial charge is 0.398 e. The SMILES string of the molecule is Nc1cccc(Cl)c1S(=O)(=O)Nc1c(Br)cc(Br)cc1Br. The summed E-state index contributed by atoms with van der Waals surface area (Å²) >= 11 is 15.9. The van der Waals surface area contributed by atoms with Crippen LogP contribution in [0.4, 0.5) is 11.4 Å². The van der Waals surface area contributed by atoms with E-state index in [1.165, 1.54) is 12.1 Å². The third-order valence-corrected chi connectivity index (χ3v) is 6.11. The van der Waals surface area contributed by atoms with E-state index in [0.717, 1.165) is 4.47 Å². The van der Waals surface area contributed by atoms with Gasteiger partial charge in [-0.3, -0.25) is 4.72 Å². The van der Waals surface area contributed by atoms with E-state index in [1.54, 1.807) is 18.2 Å². The third kappa shape index (κ3) is 3.73. The first kappa shape index (κ1) is 17.1. The van der Waals surface area contributed by atoms with Gasteiger partial charge in [0.2, 0.25) is 0 Å². The first-order valence-electron chi connectivity index (χ1n) is 5.43. The van der Waals surface area contributed by atoms with Gasteiger partial charge in [0.25, 0.3) is 10.0 Å². The molecular weight excluding hydrogens is 511 g/mol. The van der Waals surface area contributed by atoms with Crippen LogP contribution >= 0.6 is 59.4 Å². The fourth-order valence-electron chi connectivity index (χ4n) is 1.63. The van der Waals surface area contributed by atoms with Crippen molar-refractivity contribution in [3.63, 3.8) is 0 Å². The molecule has 0 atom stereocenters. The molecule has 0 bridgehead atoms. The molecule has 0 radical (unpaired) electrons. The molecule has 0 saturated carbocycles. The minimum Gasteiger partial charge on any atom is -0.398 e. The topological polar surface area (TPSA) is 72.2 Å². The molecule has 0 saturated heterocycles. The van der Waals surface area contributed by atoms with Gasteiger partial charge in [-0.1, -0.05) is 33.6 Å². The first-order valence-corrected chi connectivity index (χ1v) is 9.68. The van der Waals surface area contributed by atoms with Crippen LogP contribution in [-0.4, -0.2) is 8.42 Å². The molecule has 9 heteroatoms. The highest BCUT2D eigenvalue weighted by Crippen LogP contribution is 2.37. The second-order valence-electron chi connectivity index (χ2n) is 4.01. The van der Waals surface area contributed by atoms with Crippen molar-refractivity contribution in [2.24, 2.45) is 0 Å². The maximum Gasteiger partial charge on any atom is 0.265 e. The van der Waals surface area contributed by atoms with Crippen molar-refractivity contribution >= 4 is 80.8 Å². The molecule has 0 aliphatic carbocycles. The Balaban J connectivity index is 2.53. The molecule has 112 valence electrons. The number of anilines is 2. The van der Waals surface area contributed by atoms with Crippen molar-refractivity contribution in [2.45, 2.75) is 4.90 Å². The summed E-state index contributed by atoms with van der Waals surface area (Å²) < 4.78 is 29.4. The Labute approximate surface area is 152 Å². The van der Waals surface area contributed by atoms with Crippen LogP contribution in [0.25, 0.3) is 0 Å². The predicted octanol–water partition coefficient (Wildman–Crippen LogP) is 5.01. The predicted molar refractivity (Wildman–Crippen MR) is 96.2 cm³/mol. The lowest BCUT2D eigenvalue weighted by Crippen LogP contribution is -2.16. The molecule has 0 amide bonds. The maximum absolute atomic E-state index is 12.5. The van der Waals surface area contributed by atoms with Crippen LogP contribution in [0.2, 0.25) is 5.02 Å². The van der Waals surface area contributed by atoms with Gasteiger partial charge in [-0.25, -0.2) is 8.42 Å². The average Bonchev–Trinajstić information content (AvgIpc) is 2.33. The molecule has 0 fully saturated rings. The molecule has 0 aliphatic heterocycles. The van der Waals surface area contributed by atoms with Gasteiger partial charge in [0.15, 0.2) is 0 Å². The zero-order chi connectivity index (χ0) is 15.8. The van der Waals surface area contributed by atoms with Gasteiger partial charge in [-0.15, -0.1) is 0 Å². The van der Waals surface area contributed by atoms with Crippen molar-refractivity contribution in [3.05, 3.63) is 48.8 Å². The van der Waals surface area contributed by atoms with Gasteiger partial charge >= 0.3 is 0 Å². The Morgan fingerprint density at radius 2 is 1.67 bits per heavy atom. The fraction of sp³-hybridized carbons (Fsp3) is 0. The van der Waals surface area contributed by atoms with Gasteiger partial charge in [0, 0.05) is 13.4 Å². The van der Waals surface area contributed by atoms with Crippen LogP contribution in [0.15, 0.2) is 48.6 Å². The van der Waals surface area contributed by atoms with Gasteiger partial charge in [0.1, 0.15) is 4.90 Å². The molecule has 2 rings (SSSR count). The van der Waals surface area contributed by atoms with Crippen LogP contribution in [0.3, 0.4) is 0 Å². The van der Waals surface area contributed by atoms with Crippen LogP contribution in [-0.2, 0) is 10.0 Å². The Kier molecular flexibility index (Phi) is 5.25. The number of nitrogens with two attached hydrogens (primary N) is 1. The second-order valence-corrected chi connectivity index (χ2v) is 8.66. The van der Waals surface area contributed by atoms with Crippen LogP contribution in [0.5, 0.6) is 0 Å². The van der Waals surface area contributed by atoms with Crippen LogP contribution in [0, 0.1) is 0 Å². The zero-order valence-electron chi connectivity index (χ0n) is 10.2. The number of sulfonamides is 1. The van der Waals surface area contributed by atoms with E-state index in [4.69, 9.17) is 17.3 Å². The highest BCUT2D eigenvalue weighted by Gasteiger charge is 2.23. The Morgan fingerprint density at radius 3 is 2.19 bits per heavy atom. The fourth-order valence-corrected chi connectivity index (χ4v) is 6.13. The number of hydrogen-bond donors (Lipinski definition) is 2. The Bertz CT molecular complexity index is 769. The first-order chi connectivity index (χ1) is 9.72. The minimum absolute atomic E-state index is 0.0619. The number of nitrogen functional groups attached to an aromatic ring is 1. The molecular formula is C12H8Br3ClN2O2S. The molecule has 2 aromatic rings. The van der Waals surface area contributed by atoms with Crippen LogP contribution < -0.4 is 10.5 Å². The molecule has 0 aromatic heterocycles. The summed E-state index contributed by atoms with van der Waals surface area (Å²) in [5.41, 5.74) is 6.17. The Morgan fingerprint density at radius 1 is 1.10 bits per heavy atom.